The van der Waals surface area contributed by atoms with Gasteiger partial charge < -0.3 is 11.5 Å². The summed E-state index contributed by atoms with van der Waals surface area (Å²) in [6.07, 6.45) is 4.06. The van der Waals surface area contributed by atoms with Gasteiger partial charge in [0, 0.05) is 11.4 Å². The van der Waals surface area contributed by atoms with Gasteiger partial charge >= 0.3 is 0 Å². The summed E-state index contributed by atoms with van der Waals surface area (Å²) in [6.45, 7) is 4.28. The largest absolute Gasteiger partial charge is 0.399 e. The fourth-order valence-corrected chi connectivity index (χ4v) is 2.53. The molecule has 106 valence electrons. The fourth-order valence-electron chi connectivity index (χ4n) is 2.53. The fraction of sp³-hybridized carbons (Fsp3) is 0.333. The van der Waals surface area contributed by atoms with Gasteiger partial charge in [0.25, 0.3) is 0 Å². The van der Waals surface area contributed by atoms with Crippen LogP contribution in [0.2, 0.25) is 0 Å². The molecule has 2 nitrogen and oxygen atoms in total. The van der Waals surface area contributed by atoms with Crippen LogP contribution in [0.1, 0.15) is 36.1 Å². The summed E-state index contributed by atoms with van der Waals surface area (Å²) >= 11 is 0. The molecular formula is C18H24N2. The predicted octanol–water partition coefficient (Wildman–Crippen LogP) is 3.76. The summed E-state index contributed by atoms with van der Waals surface area (Å²) in [7, 11) is 0. The highest BCUT2D eigenvalue weighted by atomic mass is 14.6. The van der Waals surface area contributed by atoms with Gasteiger partial charge in [-0.3, -0.25) is 0 Å². The molecule has 0 bridgehead atoms. The Bertz CT molecular complexity index is 534. The van der Waals surface area contributed by atoms with Crippen LogP contribution >= 0.6 is 0 Å². The smallest absolute Gasteiger partial charge is 0.0346 e. The van der Waals surface area contributed by atoms with Crippen LogP contribution in [0.3, 0.4) is 0 Å². The molecule has 0 atom stereocenters. The van der Waals surface area contributed by atoms with Crippen molar-refractivity contribution in [2.45, 2.75) is 39.5 Å². The zero-order chi connectivity index (χ0) is 14.5. The molecule has 0 saturated heterocycles. The number of rotatable bonds is 5. The Morgan fingerprint density at radius 3 is 1.45 bits per heavy atom. The van der Waals surface area contributed by atoms with Gasteiger partial charge in [0.2, 0.25) is 0 Å². The van der Waals surface area contributed by atoms with Crippen LogP contribution in [0.5, 0.6) is 0 Å². The second kappa shape index (κ2) is 6.47. The normalized spacial score (nSPS) is 10.7. The lowest BCUT2D eigenvalue weighted by Gasteiger charge is -2.09. The maximum Gasteiger partial charge on any atom is 0.0346 e. The number of hydrogen-bond acceptors (Lipinski definition) is 2. The molecule has 0 spiro atoms. The molecular weight excluding hydrogens is 244 g/mol. The number of anilines is 2. The van der Waals surface area contributed by atoms with Gasteiger partial charge in [0.1, 0.15) is 0 Å². The van der Waals surface area contributed by atoms with Gasteiger partial charge in [-0.05, 0) is 60.1 Å². The summed E-state index contributed by atoms with van der Waals surface area (Å²) in [6, 6.07) is 12.8. The van der Waals surface area contributed by atoms with Gasteiger partial charge in [0.05, 0.1) is 0 Å². The first-order chi connectivity index (χ1) is 9.63. The summed E-state index contributed by atoms with van der Waals surface area (Å²) < 4.78 is 0. The average molecular weight is 268 g/mol. The maximum absolute atomic E-state index is 5.95. The molecule has 0 aromatic heterocycles. The monoisotopic (exact) mass is 268 g/mol. The first kappa shape index (κ1) is 14.4. The maximum atomic E-state index is 5.95. The average Bonchev–Trinajstić information content (AvgIpc) is 2.47. The SMILES string of the molecule is CCc1cc(CCc2ccc(N)c(CC)c2)ccc1N. The van der Waals surface area contributed by atoms with E-state index >= 15 is 0 Å². The molecule has 2 heteroatoms. The topological polar surface area (TPSA) is 52.0 Å². The van der Waals surface area contributed by atoms with E-state index in [4.69, 9.17) is 11.5 Å². The molecule has 0 aliphatic rings. The molecule has 0 heterocycles. The second-order valence-corrected chi connectivity index (χ2v) is 5.27. The number of nitrogens with two attached hydrogens (primary N) is 2. The van der Waals surface area contributed by atoms with Crippen LogP contribution in [0.15, 0.2) is 36.4 Å². The molecule has 2 aromatic rings. The van der Waals surface area contributed by atoms with Crippen molar-refractivity contribution in [3.8, 4) is 0 Å². The summed E-state index contributed by atoms with van der Waals surface area (Å²) in [4.78, 5) is 0. The minimum atomic E-state index is 0.900. The first-order valence-electron chi connectivity index (χ1n) is 7.38. The number of hydrogen-bond donors (Lipinski definition) is 2. The van der Waals surface area contributed by atoms with E-state index in [0.717, 1.165) is 37.1 Å². The van der Waals surface area contributed by atoms with E-state index in [1.807, 2.05) is 12.1 Å². The van der Waals surface area contributed by atoms with Crippen molar-refractivity contribution in [3.05, 3.63) is 58.7 Å². The van der Waals surface area contributed by atoms with E-state index in [2.05, 4.69) is 38.1 Å². The van der Waals surface area contributed by atoms with Gasteiger partial charge in [-0.25, -0.2) is 0 Å². The predicted molar refractivity (Wildman–Crippen MR) is 87.9 cm³/mol. The zero-order valence-corrected chi connectivity index (χ0v) is 12.4. The number of nitrogen functional groups attached to an aromatic ring is 2. The molecule has 2 aromatic carbocycles. The first-order valence-corrected chi connectivity index (χ1v) is 7.38. The van der Waals surface area contributed by atoms with Crippen molar-refractivity contribution < 1.29 is 0 Å². The number of benzene rings is 2. The summed E-state index contributed by atoms with van der Waals surface area (Å²) in [5.74, 6) is 0. The molecule has 0 aliphatic carbocycles. The van der Waals surface area contributed by atoms with Crippen LogP contribution in [0.4, 0.5) is 11.4 Å². The molecule has 0 fully saturated rings. The van der Waals surface area contributed by atoms with Crippen molar-refractivity contribution in [1.29, 1.82) is 0 Å². The van der Waals surface area contributed by atoms with Gasteiger partial charge in [-0.1, -0.05) is 38.1 Å². The highest BCUT2D eigenvalue weighted by Crippen LogP contribution is 2.19. The Hall–Kier alpha value is -1.96. The molecule has 0 radical (unpaired) electrons. The van der Waals surface area contributed by atoms with E-state index in [1.54, 1.807) is 0 Å². The van der Waals surface area contributed by atoms with Gasteiger partial charge in [-0.15, -0.1) is 0 Å². The molecule has 20 heavy (non-hydrogen) atoms. The second-order valence-electron chi connectivity index (χ2n) is 5.27. The summed E-state index contributed by atoms with van der Waals surface area (Å²) in [5.41, 5.74) is 18.9. The Balaban J connectivity index is 2.08. The highest BCUT2D eigenvalue weighted by molar-refractivity contribution is 5.50. The molecule has 4 N–H and O–H groups in total. The van der Waals surface area contributed by atoms with Gasteiger partial charge in [0.15, 0.2) is 0 Å². The third-order valence-electron chi connectivity index (χ3n) is 3.88. The lowest BCUT2D eigenvalue weighted by molar-refractivity contribution is 0.949. The van der Waals surface area contributed by atoms with Gasteiger partial charge in [-0.2, -0.15) is 0 Å². The molecule has 0 amide bonds. The Morgan fingerprint density at radius 2 is 1.10 bits per heavy atom. The Morgan fingerprint density at radius 1 is 0.700 bits per heavy atom. The quantitative estimate of drug-likeness (QED) is 0.811. The van der Waals surface area contributed by atoms with Crippen molar-refractivity contribution >= 4 is 11.4 Å². The lowest BCUT2D eigenvalue weighted by atomic mass is 9.98. The highest BCUT2D eigenvalue weighted by Gasteiger charge is 2.02. The van der Waals surface area contributed by atoms with E-state index < -0.39 is 0 Å². The van der Waals surface area contributed by atoms with Crippen molar-refractivity contribution in [1.82, 2.24) is 0 Å². The molecule has 0 unspecified atom stereocenters. The van der Waals surface area contributed by atoms with Crippen LogP contribution in [0.25, 0.3) is 0 Å². The van der Waals surface area contributed by atoms with Crippen LogP contribution in [-0.2, 0) is 25.7 Å². The third kappa shape index (κ3) is 3.32. The number of aryl methyl sites for hydroxylation is 4. The lowest BCUT2D eigenvalue weighted by Crippen LogP contribution is -1.99. The van der Waals surface area contributed by atoms with Crippen LogP contribution < -0.4 is 11.5 Å². The standard InChI is InChI=1S/C18H24N2/c1-3-15-11-13(7-9-17(15)19)5-6-14-8-10-18(20)16(4-2)12-14/h7-12H,3-6,19-20H2,1-2H3. The minimum absolute atomic E-state index is 0.900. The summed E-state index contributed by atoms with van der Waals surface area (Å²) in [5, 5.41) is 0. The molecule has 0 aliphatic heterocycles. The van der Waals surface area contributed by atoms with Crippen molar-refractivity contribution in [3.63, 3.8) is 0 Å². The van der Waals surface area contributed by atoms with E-state index in [9.17, 15) is 0 Å². The van der Waals surface area contributed by atoms with Crippen LogP contribution in [0, 0.1) is 0 Å². The van der Waals surface area contributed by atoms with E-state index in [0.29, 0.717) is 0 Å². The van der Waals surface area contributed by atoms with Crippen LogP contribution in [-0.4, -0.2) is 0 Å². The zero-order valence-electron chi connectivity index (χ0n) is 12.4. The third-order valence-corrected chi connectivity index (χ3v) is 3.88. The van der Waals surface area contributed by atoms with E-state index in [-0.39, 0.29) is 0 Å². The molecule has 0 saturated carbocycles. The molecule has 2 rings (SSSR count). The minimum Gasteiger partial charge on any atom is -0.399 e. The Kier molecular flexibility index (Phi) is 4.67. The van der Waals surface area contributed by atoms with Crippen molar-refractivity contribution in [2.24, 2.45) is 0 Å². The van der Waals surface area contributed by atoms with Crippen molar-refractivity contribution in [2.75, 3.05) is 11.5 Å². The Labute approximate surface area is 121 Å². The van der Waals surface area contributed by atoms with E-state index in [1.165, 1.54) is 22.3 Å².